The van der Waals surface area contributed by atoms with Crippen molar-refractivity contribution < 1.29 is 9.59 Å². The van der Waals surface area contributed by atoms with Crippen LogP contribution in [-0.4, -0.2) is 17.5 Å². The van der Waals surface area contributed by atoms with Crippen LogP contribution in [0.5, 0.6) is 0 Å². The molecule has 130 valence electrons. The van der Waals surface area contributed by atoms with Crippen LogP contribution in [0.3, 0.4) is 0 Å². The van der Waals surface area contributed by atoms with Crippen LogP contribution in [0.1, 0.15) is 69.4 Å². The van der Waals surface area contributed by atoms with Gasteiger partial charge in [0.1, 0.15) is 5.54 Å². The molecule has 4 heteroatoms. The molecule has 1 fully saturated rings. The van der Waals surface area contributed by atoms with E-state index in [0.29, 0.717) is 12.3 Å². The summed E-state index contributed by atoms with van der Waals surface area (Å²) in [7, 11) is 0. The van der Waals surface area contributed by atoms with Gasteiger partial charge in [0.25, 0.3) is 5.91 Å². The number of hydrogen-bond acceptors (Lipinski definition) is 2. The Morgan fingerprint density at radius 3 is 2.71 bits per heavy atom. The maximum atomic E-state index is 12.7. The molecule has 1 saturated heterocycles. The highest BCUT2D eigenvalue weighted by atomic mass is 16.2. The van der Waals surface area contributed by atoms with Gasteiger partial charge in [-0.1, -0.05) is 70.2 Å². The first-order valence-corrected chi connectivity index (χ1v) is 9.30. The van der Waals surface area contributed by atoms with Crippen LogP contribution in [0.4, 0.5) is 4.79 Å². The summed E-state index contributed by atoms with van der Waals surface area (Å²) in [6, 6.07) is 8.06. The molecule has 1 aliphatic heterocycles. The summed E-state index contributed by atoms with van der Waals surface area (Å²) in [6.45, 7) is 4.45. The smallest absolute Gasteiger partial charge is 0.322 e. The summed E-state index contributed by atoms with van der Waals surface area (Å²) in [5.41, 5.74) is 1.79. The van der Waals surface area contributed by atoms with E-state index in [0.717, 1.165) is 12.8 Å². The molecule has 0 aromatic heterocycles. The van der Waals surface area contributed by atoms with Gasteiger partial charge in [0.05, 0.1) is 0 Å². The fourth-order valence-electron chi connectivity index (χ4n) is 4.57. The summed E-state index contributed by atoms with van der Waals surface area (Å²) in [6.07, 6.45) is 7.51. The number of imide groups is 1. The average molecular weight is 328 g/mol. The number of rotatable bonds is 6. The third-order valence-electron chi connectivity index (χ3n) is 5.76. The molecule has 24 heavy (non-hydrogen) atoms. The van der Waals surface area contributed by atoms with Crippen LogP contribution in [-0.2, 0) is 11.2 Å². The summed E-state index contributed by atoms with van der Waals surface area (Å²) in [5.74, 6) is 0.260. The summed E-state index contributed by atoms with van der Waals surface area (Å²) >= 11 is 0. The van der Waals surface area contributed by atoms with Crippen molar-refractivity contribution in [2.75, 3.05) is 0 Å². The SMILES string of the molecule is CCCCCCC(C)C1c2ccccc2CCC12NC(=O)NC2=O. The van der Waals surface area contributed by atoms with Crippen molar-refractivity contribution in [3.63, 3.8) is 0 Å². The number of carbonyl (C=O) groups is 2. The first-order valence-electron chi connectivity index (χ1n) is 9.30. The van der Waals surface area contributed by atoms with Gasteiger partial charge in [0.15, 0.2) is 0 Å². The highest BCUT2D eigenvalue weighted by Gasteiger charge is 2.55. The second-order valence-corrected chi connectivity index (χ2v) is 7.38. The maximum Gasteiger partial charge on any atom is 0.322 e. The third kappa shape index (κ3) is 2.94. The van der Waals surface area contributed by atoms with E-state index in [9.17, 15) is 9.59 Å². The van der Waals surface area contributed by atoms with E-state index in [1.165, 1.54) is 36.8 Å². The number of amides is 3. The van der Waals surface area contributed by atoms with Gasteiger partial charge in [0, 0.05) is 5.92 Å². The molecule has 3 rings (SSSR count). The summed E-state index contributed by atoms with van der Waals surface area (Å²) in [4.78, 5) is 24.5. The van der Waals surface area contributed by atoms with Crippen molar-refractivity contribution >= 4 is 11.9 Å². The lowest BCUT2D eigenvalue weighted by Crippen LogP contribution is -2.56. The molecule has 1 spiro atoms. The number of benzene rings is 1. The van der Waals surface area contributed by atoms with Crippen LogP contribution in [0.25, 0.3) is 0 Å². The fourth-order valence-corrected chi connectivity index (χ4v) is 4.57. The lowest BCUT2D eigenvalue weighted by molar-refractivity contribution is -0.125. The minimum atomic E-state index is -0.768. The van der Waals surface area contributed by atoms with Crippen LogP contribution in [0.15, 0.2) is 24.3 Å². The lowest BCUT2D eigenvalue weighted by Gasteiger charge is -2.43. The molecular formula is C20H28N2O2. The van der Waals surface area contributed by atoms with Crippen molar-refractivity contribution in [2.24, 2.45) is 5.92 Å². The Morgan fingerprint density at radius 1 is 1.21 bits per heavy atom. The molecule has 1 aromatic carbocycles. The molecule has 1 aromatic rings. The van der Waals surface area contributed by atoms with E-state index in [-0.39, 0.29) is 17.9 Å². The Hall–Kier alpha value is -1.84. The molecule has 0 bridgehead atoms. The zero-order valence-corrected chi connectivity index (χ0v) is 14.7. The van der Waals surface area contributed by atoms with Gasteiger partial charge < -0.3 is 5.32 Å². The second-order valence-electron chi connectivity index (χ2n) is 7.38. The number of aryl methyl sites for hydroxylation is 1. The molecule has 1 heterocycles. The summed E-state index contributed by atoms with van der Waals surface area (Å²) in [5, 5.41) is 5.47. The molecule has 2 N–H and O–H groups in total. The van der Waals surface area contributed by atoms with Crippen molar-refractivity contribution in [3.8, 4) is 0 Å². The normalized spacial score (nSPS) is 26.8. The van der Waals surface area contributed by atoms with Gasteiger partial charge in [-0.2, -0.15) is 0 Å². The van der Waals surface area contributed by atoms with Gasteiger partial charge in [0.2, 0.25) is 0 Å². The minimum absolute atomic E-state index is 0.0514. The first kappa shape index (κ1) is 17.0. The molecule has 0 saturated carbocycles. The highest BCUT2D eigenvalue weighted by molar-refractivity contribution is 6.08. The van der Waals surface area contributed by atoms with E-state index in [1.807, 2.05) is 6.07 Å². The van der Waals surface area contributed by atoms with Crippen molar-refractivity contribution in [3.05, 3.63) is 35.4 Å². The van der Waals surface area contributed by atoms with Crippen LogP contribution >= 0.6 is 0 Å². The number of hydrogen-bond donors (Lipinski definition) is 2. The predicted molar refractivity (Wildman–Crippen MR) is 94.8 cm³/mol. The standard InChI is InChI=1S/C20H28N2O2/c1-3-4-5-6-9-14(2)17-16-11-8-7-10-15(16)12-13-20(17)18(23)21-19(24)22-20/h7-8,10-11,14,17H,3-6,9,12-13H2,1-2H3,(H2,21,22,23,24). The van der Waals surface area contributed by atoms with Gasteiger partial charge in [-0.25, -0.2) is 4.79 Å². The molecule has 3 atom stereocenters. The zero-order chi connectivity index (χ0) is 17.2. The van der Waals surface area contributed by atoms with Crippen molar-refractivity contribution in [2.45, 2.75) is 70.3 Å². The molecule has 0 radical (unpaired) electrons. The second kappa shape index (κ2) is 6.96. The quantitative estimate of drug-likeness (QED) is 0.614. The Balaban J connectivity index is 1.90. The average Bonchev–Trinajstić information content (AvgIpc) is 2.85. The topological polar surface area (TPSA) is 58.2 Å². The monoisotopic (exact) mass is 328 g/mol. The molecule has 3 amide bonds. The number of carbonyl (C=O) groups excluding carboxylic acids is 2. The molecule has 4 nitrogen and oxygen atoms in total. The van der Waals surface area contributed by atoms with Gasteiger partial charge in [-0.3, -0.25) is 10.1 Å². The fraction of sp³-hybridized carbons (Fsp3) is 0.600. The van der Waals surface area contributed by atoms with Gasteiger partial charge in [-0.15, -0.1) is 0 Å². The molecule has 2 aliphatic rings. The van der Waals surface area contributed by atoms with Crippen molar-refractivity contribution in [1.29, 1.82) is 0 Å². The number of unbranched alkanes of at least 4 members (excludes halogenated alkanes) is 3. The number of fused-ring (bicyclic) bond motifs is 1. The Labute approximate surface area is 144 Å². The van der Waals surface area contributed by atoms with Gasteiger partial charge in [-0.05, 0) is 29.9 Å². The van der Waals surface area contributed by atoms with E-state index in [1.54, 1.807) is 0 Å². The molecular weight excluding hydrogens is 300 g/mol. The number of nitrogens with one attached hydrogen (secondary N) is 2. The Bertz CT molecular complexity index is 628. The third-order valence-corrected chi connectivity index (χ3v) is 5.76. The minimum Gasteiger partial charge on any atom is -0.323 e. The van der Waals surface area contributed by atoms with Crippen LogP contribution in [0.2, 0.25) is 0 Å². The van der Waals surface area contributed by atoms with E-state index < -0.39 is 5.54 Å². The van der Waals surface area contributed by atoms with Crippen molar-refractivity contribution in [1.82, 2.24) is 10.6 Å². The largest absolute Gasteiger partial charge is 0.323 e. The Kier molecular flexibility index (Phi) is 4.93. The highest BCUT2D eigenvalue weighted by Crippen LogP contribution is 2.46. The van der Waals surface area contributed by atoms with E-state index in [4.69, 9.17) is 0 Å². The number of urea groups is 1. The first-order chi connectivity index (χ1) is 11.6. The van der Waals surface area contributed by atoms with E-state index >= 15 is 0 Å². The maximum absolute atomic E-state index is 12.7. The van der Waals surface area contributed by atoms with Crippen LogP contribution < -0.4 is 10.6 Å². The molecule has 1 aliphatic carbocycles. The van der Waals surface area contributed by atoms with E-state index in [2.05, 4.69) is 42.7 Å². The molecule has 3 unspecified atom stereocenters. The zero-order valence-electron chi connectivity index (χ0n) is 14.7. The van der Waals surface area contributed by atoms with Crippen LogP contribution in [0, 0.1) is 5.92 Å². The lowest BCUT2D eigenvalue weighted by atomic mass is 9.64. The predicted octanol–water partition coefficient (Wildman–Crippen LogP) is 3.90. The Morgan fingerprint density at radius 2 is 2.00 bits per heavy atom. The van der Waals surface area contributed by atoms with Gasteiger partial charge >= 0.3 is 6.03 Å². The summed E-state index contributed by atoms with van der Waals surface area (Å²) < 4.78 is 0.